The second kappa shape index (κ2) is 9.04. The van der Waals surface area contributed by atoms with Crippen LogP contribution >= 0.6 is 0 Å². The summed E-state index contributed by atoms with van der Waals surface area (Å²) >= 11 is 0. The number of nitrogens with zero attached hydrogens (tertiary/aromatic N) is 1. The third-order valence-electron chi connectivity index (χ3n) is 6.86. The molecule has 0 aliphatic heterocycles. The van der Waals surface area contributed by atoms with Crippen molar-refractivity contribution in [1.82, 2.24) is 4.90 Å². The SMILES string of the molecule is CC(C)[C@@H]1CC[C@H](C)C[C@@H]1N(Cc1ccccc1)C(=O)c1cccc2ccccc12. The van der Waals surface area contributed by atoms with E-state index < -0.39 is 0 Å². The Morgan fingerprint density at radius 1 is 0.933 bits per heavy atom. The number of amides is 1. The largest absolute Gasteiger partial charge is 0.331 e. The van der Waals surface area contributed by atoms with Gasteiger partial charge in [-0.05, 0) is 53.0 Å². The molecule has 1 amide bonds. The summed E-state index contributed by atoms with van der Waals surface area (Å²) in [5, 5.41) is 2.17. The third-order valence-corrected chi connectivity index (χ3v) is 6.86. The molecule has 156 valence electrons. The second-order valence-electron chi connectivity index (χ2n) is 9.34. The molecular formula is C28H33NO. The average molecular weight is 400 g/mol. The first-order valence-electron chi connectivity index (χ1n) is 11.4. The molecule has 4 rings (SSSR count). The van der Waals surface area contributed by atoms with Gasteiger partial charge in [-0.1, -0.05) is 93.9 Å². The van der Waals surface area contributed by atoms with Crippen LogP contribution in [0.5, 0.6) is 0 Å². The van der Waals surface area contributed by atoms with Gasteiger partial charge in [0, 0.05) is 18.2 Å². The van der Waals surface area contributed by atoms with Crippen molar-refractivity contribution in [3.05, 3.63) is 83.9 Å². The topological polar surface area (TPSA) is 20.3 Å². The highest BCUT2D eigenvalue weighted by atomic mass is 16.2. The fourth-order valence-corrected chi connectivity index (χ4v) is 5.20. The Morgan fingerprint density at radius 2 is 1.63 bits per heavy atom. The minimum atomic E-state index is 0.167. The summed E-state index contributed by atoms with van der Waals surface area (Å²) in [4.78, 5) is 16.3. The molecule has 0 aromatic heterocycles. The van der Waals surface area contributed by atoms with Crippen LogP contribution in [0.1, 0.15) is 56.0 Å². The predicted molar refractivity (Wildman–Crippen MR) is 125 cm³/mol. The smallest absolute Gasteiger partial charge is 0.255 e. The zero-order valence-electron chi connectivity index (χ0n) is 18.4. The van der Waals surface area contributed by atoms with Gasteiger partial charge in [0.25, 0.3) is 5.91 Å². The van der Waals surface area contributed by atoms with E-state index in [9.17, 15) is 4.79 Å². The molecule has 1 aliphatic carbocycles. The van der Waals surface area contributed by atoms with Gasteiger partial charge >= 0.3 is 0 Å². The number of carbonyl (C=O) groups excluding carboxylic acids is 1. The molecule has 2 heteroatoms. The molecule has 3 aromatic rings. The molecule has 3 atom stereocenters. The summed E-state index contributed by atoms with van der Waals surface area (Å²) in [6.45, 7) is 7.64. The number of fused-ring (bicyclic) bond motifs is 1. The van der Waals surface area contributed by atoms with Crippen molar-refractivity contribution in [2.45, 2.75) is 52.6 Å². The van der Waals surface area contributed by atoms with E-state index in [0.29, 0.717) is 24.3 Å². The Labute approximate surface area is 180 Å². The normalized spacial score (nSPS) is 21.7. The van der Waals surface area contributed by atoms with E-state index in [1.165, 1.54) is 18.4 Å². The number of hydrogen-bond donors (Lipinski definition) is 0. The van der Waals surface area contributed by atoms with Crippen LogP contribution < -0.4 is 0 Å². The molecule has 30 heavy (non-hydrogen) atoms. The maximum Gasteiger partial charge on any atom is 0.255 e. The first-order chi connectivity index (χ1) is 14.5. The summed E-state index contributed by atoms with van der Waals surface area (Å²) in [5.41, 5.74) is 2.02. The van der Waals surface area contributed by atoms with Crippen LogP contribution in [-0.2, 0) is 6.54 Å². The molecule has 0 saturated heterocycles. The van der Waals surface area contributed by atoms with Crippen LogP contribution in [-0.4, -0.2) is 16.8 Å². The maximum atomic E-state index is 14.1. The first kappa shape index (κ1) is 20.7. The van der Waals surface area contributed by atoms with Gasteiger partial charge in [0.05, 0.1) is 0 Å². The van der Waals surface area contributed by atoms with E-state index in [-0.39, 0.29) is 11.9 Å². The fourth-order valence-electron chi connectivity index (χ4n) is 5.20. The van der Waals surface area contributed by atoms with Crippen LogP contribution in [0.4, 0.5) is 0 Å². The van der Waals surface area contributed by atoms with Gasteiger partial charge in [0.15, 0.2) is 0 Å². The summed E-state index contributed by atoms with van der Waals surface area (Å²) < 4.78 is 0. The molecule has 0 radical (unpaired) electrons. The molecule has 0 heterocycles. The molecule has 2 nitrogen and oxygen atoms in total. The van der Waals surface area contributed by atoms with E-state index >= 15 is 0 Å². The maximum absolute atomic E-state index is 14.1. The lowest BCUT2D eigenvalue weighted by Crippen LogP contribution is -2.48. The molecule has 1 saturated carbocycles. The van der Waals surface area contributed by atoms with Crippen molar-refractivity contribution in [3.63, 3.8) is 0 Å². The van der Waals surface area contributed by atoms with Crippen LogP contribution in [0, 0.1) is 17.8 Å². The van der Waals surface area contributed by atoms with Crippen LogP contribution in [0.3, 0.4) is 0 Å². The van der Waals surface area contributed by atoms with E-state index in [2.05, 4.69) is 68.1 Å². The number of benzene rings is 3. The highest BCUT2D eigenvalue weighted by Gasteiger charge is 2.37. The lowest BCUT2D eigenvalue weighted by molar-refractivity contribution is 0.0368. The van der Waals surface area contributed by atoms with Gasteiger partial charge in [0.2, 0.25) is 0 Å². The number of hydrogen-bond acceptors (Lipinski definition) is 1. The minimum Gasteiger partial charge on any atom is -0.331 e. The quantitative estimate of drug-likeness (QED) is 0.455. The summed E-state index contributed by atoms with van der Waals surface area (Å²) in [6, 6.07) is 25.1. The summed E-state index contributed by atoms with van der Waals surface area (Å²) in [5.74, 6) is 1.94. The van der Waals surface area contributed by atoms with Gasteiger partial charge in [0.1, 0.15) is 0 Å². The highest BCUT2D eigenvalue weighted by Crippen LogP contribution is 2.38. The lowest BCUT2D eigenvalue weighted by atomic mass is 9.73. The molecule has 1 fully saturated rings. The standard InChI is InChI=1S/C28H33NO/c1-20(2)24-17-16-21(3)18-27(24)29(19-22-10-5-4-6-11-22)28(30)26-15-9-13-23-12-7-8-14-25(23)26/h4-15,20-21,24,27H,16-19H2,1-3H3/t21-,24-,27-/m0/s1. The first-order valence-corrected chi connectivity index (χ1v) is 11.4. The zero-order chi connectivity index (χ0) is 21.1. The van der Waals surface area contributed by atoms with Crippen LogP contribution in [0.15, 0.2) is 72.8 Å². The van der Waals surface area contributed by atoms with Crippen molar-refractivity contribution in [3.8, 4) is 0 Å². The fraction of sp³-hybridized carbons (Fsp3) is 0.393. The van der Waals surface area contributed by atoms with E-state index in [0.717, 1.165) is 22.8 Å². The Bertz CT molecular complexity index is 988. The van der Waals surface area contributed by atoms with Gasteiger partial charge in [-0.3, -0.25) is 4.79 Å². The molecule has 0 bridgehead atoms. The summed E-state index contributed by atoms with van der Waals surface area (Å²) in [6.07, 6.45) is 3.56. The molecular weight excluding hydrogens is 366 g/mol. The highest BCUT2D eigenvalue weighted by molar-refractivity contribution is 6.07. The average Bonchev–Trinajstić information content (AvgIpc) is 2.77. The molecule has 0 N–H and O–H groups in total. The van der Waals surface area contributed by atoms with Gasteiger partial charge in [-0.25, -0.2) is 0 Å². The van der Waals surface area contributed by atoms with Crippen molar-refractivity contribution >= 4 is 16.7 Å². The summed E-state index contributed by atoms with van der Waals surface area (Å²) in [7, 11) is 0. The number of carbonyl (C=O) groups is 1. The van der Waals surface area contributed by atoms with Gasteiger partial charge in [-0.15, -0.1) is 0 Å². The van der Waals surface area contributed by atoms with Crippen molar-refractivity contribution < 1.29 is 4.79 Å². The Kier molecular flexibility index (Phi) is 6.22. The van der Waals surface area contributed by atoms with Crippen molar-refractivity contribution in [2.75, 3.05) is 0 Å². The monoisotopic (exact) mass is 399 g/mol. The Morgan fingerprint density at radius 3 is 2.40 bits per heavy atom. The minimum absolute atomic E-state index is 0.167. The van der Waals surface area contributed by atoms with Crippen LogP contribution in [0.25, 0.3) is 10.8 Å². The molecule has 0 unspecified atom stereocenters. The number of rotatable bonds is 5. The predicted octanol–water partition coefficient (Wildman–Crippen LogP) is 6.94. The zero-order valence-corrected chi connectivity index (χ0v) is 18.4. The van der Waals surface area contributed by atoms with E-state index in [4.69, 9.17) is 0 Å². The second-order valence-corrected chi connectivity index (χ2v) is 9.34. The van der Waals surface area contributed by atoms with Gasteiger partial charge < -0.3 is 4.90 Å². The Balaban J connectivity index is 1.77. The van der Waals surface area contributed by atoms with E-state index in [1.54, 1.807) is 0 Å². The van der Waals surface area contributed by atoms with Crippen molar-refractivity contribution in [2.24, 2.45) is 17.8 Å². The van der Waals surface area contributed by atoms with E-state index in [1.807, 2.05) is 30.3 Å². The molecule has 1 aliphatic rings. The molecule has 3 aromatic carbocycles. The Hall–Kier alpha value is -2.61. The van der Waals surface area contributed by atoms with Crippen LogP contribution in [0.2, 0.25) is 0 Å². The lowest BCUT2D eigenvalue weighted by Gasteiger charge is -2.44. The van der Waals surface area contributed by atoms with Gasteiger partial charge in [-0.2, -0.15) is 0 Å². The van der Waals surface area contributed by atoms with Crippen molar-refractivity contribution in [1.29, 1.82) is 0 Å². The third kappa shape index (κ3) is 4.28. The molecule has 0 spiro atoms.